The molecule has 14 heavy (non-hydrogen) atoms. The molecule has 0 bridgehead atoms. The second kappa shape index (κ2) is 6.44. The van der Waals surface area contributed by atoms with Gasteiger partial charge < -0.3 is 4.90 Å². The zero-order chi connectivity index (χ0) is 10.4. The summed E-state index contributed by atoms with van der Waals surface area (Å²) in [4.78, 5) is 2.56. The third-order valence-corrected chi connectivity index (χ3v) is 2.74. The van der Waals surface area contributed by atoms with Crippen molar-refractivity contribution in [2.75, 3.05) is 13.1 Å². The van der Waals surface area contributed by atoms with Crippen LogP contribution in [0.4, 0.5) is 0 Å². The van der Waals surface area contributed by atoms with Crippen LogP contribution in [0.15, 0.2) is 0 Å². The van der Waals surface area contributed by atoms with Gasteiger partial charge in [-0.2, -0.15) is 0 Å². The summed E-state index contributed by atoms with van der Waals surface area (Å²) < 4.78 is 0. The lowest BCUT2D eigenvalue weighted by molar-refractivity contribution is 0.223. The van der Waals surface area contributed by atoms with E-state index in [0.29, 0.717) is 6.04 Å². The van der Waals surface area contributed by atoms with Crippen molar-refractivity contribution in [3.05, 3.63) is 31.6 Å². The molecule has 1 aliphatic rings. The van der Waals surface area contributed by atoms with Crippen molar-refractivity contribution < 1.29 is 0 Å². The van der Waals surface area contributed by atoms with Gasteiger partial charge in [0.05, 0.1) is 0 Å². The van der Waals surface area contributed by atoms with Crippen LogP contribution in [0.2, 0.25) is 0 Å². The number of nitrogens with zero attached hydrogens (tertiary/aromatic N) is 1. The van der Waals surface area contributed by atoms with Crippen LogP contribution in [-0.4, -0.2) is 24.0 Å². The SMILES string of the molecule is CCCN(CCC)C(C)[C]1[CH][CH][CH][CH]1. The molecule has 1 atom stereocenters. The molecule has 0 aromatic heterocycles. The molecule has 0 aromatic carbocycles. The predicted molar refractivity (Wildman–Crippen MR) is 62.1 cm³/mol. The molecule has 1 rings (SSSR count). The van der Waals surface area contributed by atoms with E-state index in [1.165, 1.54) is 31.8 Å². The summed E-state index contributed by atoms with van der Waals surface area (Å²) in [6.07, 6.45) is 11.2. The van der Waals surface area contributed by atoms with E-state index in [-0.39, 0.29) is 0 Å². The summed E-state index contributed by atoms with van der Waals surface area (Å²) in [6, 6.07) is 0.574. The Balaban J connectivity index is 2.39. The third kappa shape index (κ3) is 3.27. The van der Waals surface area contributed by atoms with Crippen molar-refractivity contribution in [3.8, 4) is 0 Å². The highest BCUT2D eigenvalue weighted by Gasteiger charge is 2.26. The summed E-state index contributed by atoms with van der Waals surface area (Å²) in [7, 11) is 0. The molecule has 1 heteroatoms. The molecule has 1 nitrogen and oxygen atoms in total. The first kappa shape index (κ1) is 12.0. The highest BCUT2D eigenvalue weighted by molar-refractivity contribution is 5.38. The van der Waals surface area contributed by atoms with Gasteiger partial charge in [-0.3, -0.25) is 0 Å². The minimum Gasteiger partial charge on any atom is -0.300 e. The number of hydrogen-bond acceptors (Lipinski definition) is 1. The Morgan fingerprint density at radius 1 is 1.07 bits per heavy atom. The Labute approximate surface area is 89.9 Å². The van der Waals surface area contributed by atoms with Crippen LogP contribution in [0.5, 0.6) is 0 Å². The molecule has 0 amide bonds. The van der Waals surface area contributed by atoms with E-state index in [9.17, 15) is 0 Å². The van der Waals surface area contributed by atoms with Crippen LogP contribution in [0.3, 0.4) is 0 Å². The van der Waals surface area contributed by atoms with Crippen molar-refractivity contribution >= 4 is 0 Å². The molecule has 5 radical (unpaired) electrons. The highest BCUT2D eigenvalue weighted by atomic mass is 15.1. The van der Waals surface area contributed by atoms with Crippen molar-refractivity contribution in [2.24, 2.45) is 0 Å². The summed E-state index contributed by atoms with van der Waals surface area (Å²) in [6.45, 7) is 9.22. The lowest BCUT2D eigenvalue weighted by Gasteiger charge is -2.32. The second-order valence-corrected chi connectivity index (χ2v) is 3.93. The first-order valence-corrected chi connectivity index (χ1v) is 5.75. The maximum Gasteiger partial charge on any atom is 0.0135 e. The molecule has 1 saturated carbocycles. The van der Waals surface area contributed by atoms with Crippen molar-refractivity contribution in [1.82, 2.24) is 4.90 Å². The standard InChI is InChI=1S/C13H22N/c1-4-10-14(11-5-2)12(3)13-8-6-7-9-13/h6-9,12H,4-5,10-11H2,1-3H3. The normalized spacial score (nSPS) is 20.6. The van der Waals surface area contributed by atoms with Gasteiger partial charge in [0, 0.05) is 12.0 Å². The highest BCUT2D eigenvalue weighted by Crippen LogP contribution is 2.29. The third-order valence-electron chi connectivity index (χ3n) is 2.74. The Morgan fingerprint density at radius 2 is 1.57 bits per heavy atom. The quantitative estimate of drug-likeness (QED) is 0.625. The molecule has 0 saturated heterocycles. The fourth-order valence-corrected chi connectivity index (χ4v) is 1.95. The number of hydrogen-bond donors (Lipinski definition) is 0. The molecular formula is C13H22N. The number of rotatable bonds is 6. The average Bonchev–Trinajstić information content (AvgIpc) is 2.69. The average molecular weight is 192 g/mol. The van der Waals surface area contributed by atoms with Crippen molar-refractivity contribution in [1.29, 1.82) is 0 Å². The minimum atomic E-state index is 0.574. The Kier molecular flexibility index (Phi) is 5.54. The predicted octanol–water partition coefficient (Wildman–Crippen LogP) is 2.90. The topological polar surface area (TPSA) is 3.24 Å². The second-order valence-electron chi connectivity index (χ2n) is 3.93. The lowest BCUT2D eigenvalue weighted by atomic mass is 9.98. The fourth-order valence-electron chi connectivity index (χ4n) is 1.95. The van der Waals surface area contributed by atoms with Crippen LogP contribution in [-0.2, 0) is 0 Å². The van der Waals surface area contributed by atoms with Gasteiger partial charge in [0.1, 0.15) is 0 Å². The largest absolute Gasteiger partial charge is 0.300 e. The molecular weight excluding hydrogens is 170 g/mol. The van der Waals surface area contributed by atoms with Gasteiger partial charge in [-0.25, -0.2) is 0 Å². The van der Waals surface area contributed by atoms with Crippen LogP contribution in [0.1, 0.15) is 33.6 Å². The van der Waals surface area contributed by atoms with Gasteiger partial charge in [-0.05, 0) is 58.5 Å². The fraction of sp³-hybridized carbons (Fsp3) is 0.615. The molecule has 0 N–H and O–H groups in total. The van der Waals surface area contributed by atoms with Crippen LogP contribution >= 0.6 is 0 Å². The first-order chi connectivity index (χ1) is 6.79. The molecule has 1 unspecified atom stereocenters. The summed E-state index contributed by atoms with van der Waals surface area (Å²) in [5, 5.41) is 0. The van der Waals surface area contributed by atoms with E-state index in [2.05, 4.69) is 51.4 Å². The molecule has 0 spiro atoms. The van der Waals surface area contributed by atoms with E-state index in [0.717, 1.165) is 0 Å². The molecule has 0 aliphatic heterocycles. The smallest absolute Gasteiger partial charge is 0.0135 e. The summed E-state index contributed by atoms with van der Waals surface area (Å²) >= 11 is 0. The Morgan fingerprint density at radius 3 is 2.00 bits per heavy atom. The molecule has 1 fully saturated rings. The Bertz CT molecular complexity index is 132. The monoisotopic (exact) mass is 192 g/mol. The zero-order valence-electron chi connectivity index (χ0n) is 9.66. The van der Waals surface area contributed by atoms with Gasteiger partial charge in [0.25, 0.3) is 0 Å². The van der Waals surface area contributed by atoms with Crippen LogP contribution in [0, 0.1) is 31.6 Å². The molecule has 0 aromatic rings. The van der Waals surface area contributed by atoms with Gasteiger partial charge in [0.2, 0.25) is 0 Å². The first-order valence-electron chi connectivity index (χ1n) is 5.75. The summed E-state index contributed by atoms with van der Waals surface area (Å²) in [5.74, 6) is 1.45. The maximum absolute atomic E-state index is 2.56. The van der Waals surface area contributed by atoms with Crippen LogP contribution < -0.4 is 0 Å². The molecule has 0 heterocycles. The van der Waals surface area contributed by atoms with Crippen molar-refractivity contribution in [3.63, 3.8) is 0 Å². The van der Waals surface area contributed by atoms with E-state index in [1.54, 1.807) is 0 Å². The zero-order valence-corrected chi connectivity index (χ0v) is 9.66. The molecule has 1 aliphatic carbocycles. The van der Waals surface area contributed by atoms with E-state index in [4.69, 9.17) is 0 Å². The van der Waals surface area contributed by atoms with E-state index in [1.807, 2.05) is 0 Å². The summed E-state index contributed by atoms with van der Waals surface area (Å²) in [5.41, 5.74) is 0. The van der Waals surface area contributed by atoms with Gasteiger partial charge in [0.15, 0.2) is 0 Å². The van der Waals surface area contributed by atoms with Crippen molar-refractivity contribution in [2.45, 2.75) is 39.7 Å². The van der Waals surface area contributed by atoms with Crippen LogP contribution in [0.25, 0.3) is 0 Å². The molecule has 79 valence electrons. The Hall–Kier alpha value is -0.0400. The van der Waals surface area contributed by atoms with Gasteiger partial charge in [-0.1, -0.05) is 13.8 Å². The van der Waals surface area contributed by atoms with E-state index >= 15 is 0 Å². The van der Waals surface area contributed by atoms with Gasteiger partial charge >= 0.3 is 0 Å². The lowest BCUT2D eigenvalue weighted by Crippen LogP contribution is -2.38. The minimum absolute atomic E-state index is 0.574. The maximum atomic E-state index is 2.56. The van der Waals surface area contributed by atoms with Gasteiger partial charge in [-0.15, -0.1) is 0 Å². The van der Waals surface area contributed by atoms with E-state index < -0.39 is 0 Å².